The Bertz CT molecular complexity index is 1010. The molecule has 3 aromatic rings. The Kier molecular flexibility index (Phi) is 5.80. The van der Waals surface area contributed by atoms with Gasteiger partial charge in [-0.1, -0.05) is 30.6 Å². The third-order valence-corrected chi connectivity index (χ3v) is 5.02. The van der Waals surface area contributed by atoms with Crippen LogP contribution in [0.2, 0.25) is 5.02 Å². The highest BCUT2D eigenvalue weighted by molar-refractivity contribution is 6.30. The van der Waals surface area contributed by atoms with Gasteiger partial charge in [0.2, 0.25) is 0 Å². The zero-order chi connectivity index (χ0) is 21.1. The topological polar surface area (TPSA) is 109 Å². The first-order valence-electron chi connectivity index (χ1n) is 9.71. The van der Waals surface area contributed by atoms with Gasteiger partial charge >= 0.3 is 0 Å². The van der Waals surface area contributed by atoms with Crippen molar-refractivity contribution in [3.05, 3.63) is 53.4 Å². The molecule has 3 aromatic heterocycles. The molecule has 0 radical (unpaired) electrons. The second-order valence-electron chi connectivity index (χ2n) is 7.39. The fourth-order valence-corrected chi connectivity index (χ4v) is 3.36. The number of halogens is 1. The van der Waals surface area contributed by atoms with Crippen LogP contribution in [0.5, 0.6) is 0 Å². The van der Waals surface area contributed by atoms with Gasteiger partial charge in [0.05, 0.1) is 16.9 Å². The number of carbonyl (C=O) groups is 1. The highest BCUT2D eigenvalue weighted by atomic mass is 35.5. The van der Waals surface area contributed by atoms with Crippen LogP contribution in [0.25, 0.3) is 0 Å². The van der Waals surface area contributed by atoms with Gasteiger partial charge in [-0.15, -0.1) is 0 Å². The van der Waals surface area contributed by atoms with Crippen molar-refractivity contribution < 1.29 is 9.32 Å². The van der Waals surface area contributed by atoms with Gasteiger partial charge in [-0.05, 0) is 18.6 Å². The fraction of sp³-hybridized carbons (Fsp3) is 0.350. The number of pyridine rings is 1. The largest absolute Gasteiger partial charge is 0.363 e. The average molecular weight is 428 g/mol. The lowest BCUT2D eigenvalue weighted by molar-refractivity contribution is 0.0935. The third kappa shape index (κ3) is 4.51. The van der Waals surface area contributed by atoms with Crippen LogP contribution in [-0.2, 0) is 0 Å². The van der Waals surface area contributed by atoms with Crippen molar-refractivity contribution in [2.45, 2.75) is 32.2 Å². The molecular formula is C20H22ClN7O2. The second kappa shape index (κ2) is 8.66. The number of carbonyl (C=O) groups excluding carboxylic acids is 1. The summed E-state index contributed by atoms with van der Waals surface area (Å²) in [5.74, 6) is 1.75. The Morgan fingerprint density at radius 2 is 2.13 bits per heavy atom. The minimum absolute atomic E-state index is 0.0210. The molecule has 1 amide bonds. The van der Waals surface area contributed by atoms with Crippen LogP contribution in [-0.4, -0.2) is 45.1 Å². The molecule has 1 aliphatic heterocycles. The maximum Gasteiger partial charge on any atom is 0.272 e. The third-order valence-electron chi connectivity index (χ3n) is 4.80. The van der Waals surface area contributed by atoms with E-state index in [-0.39, 0.29) is 23.6 Å². The van der Waals surface area contributed by atoms with Crippen LogP contribution in [0.15, 0.2) is 41.4 Å². The Hall–Kier alpha value is -3.20. The molecule has 4 heterocycles. The monoisotopic (exact) mass is 427 g/mol. The van der Waals surface area contributed by atoms with E-state index in [1.807, 2.05) is 26.0 Å². The van der Waals surface area contributed by atoms with Crippen LogP contribution in [0, 0.1) is 0 Å². The predicted octanol–water partition coefficient (Wildman–Crippen LogP) is 3.39. The Balaban J connectivity index is 1.49. The normalized spacial score (nSPS) is 16.1. The molecule has 0 aliphatic carbocycles. The summed E-state index contributed by atoms with van der Waals surface area (Å²) < 4.78 is 4.84. The Labute approximate surface area is 178 Å². The van der Waals surface area contributed by atoms with Crippen LogP contribution in [0.4, 0.5) is 17.3 Å². The van der Waals surface area contributed by atoms with Crippen molar-refractivity contribution in [3.8, 4) is 0 Å². The number of rotatable bonds is 6. The zero-order valence-electron chi connectivity index (χ0n) is 16.7. The molecule has 0 saturated carbocycles. The number of amides is 1. The van der Waals surface area contributed by atoms with E-state index in [0.29, 0.717) is 28.9 Å². The summed E-state index contributed by atoms with van der Waals surface area (Å²) in [4.78, 5) is 28.4. The number of hydrogen-bond acceptors (Lipinski definition) is 8. The SMILES string of the molecule is CC(C)c1ncc(Nc2ccon2)c(C(=O)N[C@@H]2CCN(c3ccc(Cl)cn3)C2)n1. The summed E-state index contributed by atoms with van der Waals surface area (Å²) in [6.07, 6.45) is 5.48. The molecule has 0 bridgehead atoms. The lowest BCUT2D eigenvalue weighted by atomic mass is 10.2. The molecule has 0 spiro atoms. The number of anilines is 3. The van der Waals surface area contributed by atoms with E-state index in [2.05, 4.69) is 35.6 Å². The minimum atomic E-state index is -0.263. The summed E-state index contributed by atoms with van der Waals surface area (Å²) in [6, 6.07) is 5.33. The van der Waals surface area contributed by atoms with Crippen molar-refractivity contribution >= 4 is 34.8 Å². The molecule has 4 rings (SSSR count). The first kappa shape index (κ1) is 20.1. The maximum absolute atomic E-state index is 13.1. The van der Waals surface area contributed by atoms with E-state index >= 15 is 0 Å². The Morgan fingerprint density at radius 3 is 2.83 bits per heavy atom. The van der Waals surface area contributed by atoms with Crippen molar-refractivity contribution in [2.75, 3.05) is 23.3 Å². The summed E-state index contributed by atoms with van der Waals surface area (Å²) in [5, 5.41) is 10.5. The summed E-state index contributed by atoms with van der Waals surface area (Å²) >= 11 is 5.92. The average Bonchev–Trinajstić information content (AvgIpc) is 3.41. The van der Waals surface area contributed by atoms with E-state index in [1.54, 1.807) is 18.5 Å². The van der Waals surface area contributed by atoms with Gasteiger partial charge in [0.15, 0.2) is 11.5 Å². The van der Waals surface area contributed by atoms with Gasteiger partial charge in [0.1, 0.15) is 17.9 Å². The number of nitrogens with one attached hydrogen (secondary N) is 2. The standard InChI is InChI=1S/C20H22ClN7O2/c1-12(2)19-23-10-15(25-16-6-8-30-27-16)18(26-19)20(29)24-14-5-7-28(11-14)17-4-3-13(21)9-22-17/h3-4,6,8-10,12,14H,5,7,11H2,1-2H3,(H,24,29)(H,25,27)/t14-/m1/s1. The van der Waals surface area contributed by atoms with E-state index < -0.39 is 0 Å². The first-order valence-corrected chi connectivity index (χ1v) is 10.1. The van der Waals surface area contributed by atoms with Crippen molar-refractivity contribution in [2.24, 2.45) is 0 Å². The predicted molar refractivity (Wildman–Crippen MR) is 113 cm³/mol. The van der Waals surface area contributed by atoms with E-state index in [9.17, 15) is 4.79 Å². The smallest absolute Gasteiger partial charge is 0.272 e. The summed E-state index contributed by atoms with van der Waals surface area (Å²) in [6.45, 7) is 5.42. The molecule has 1 atom stereocenters. The molecule has 0 aromatic carbocycles. The second-order valence-corrected chi connectivity index (χ2v) is 7.83. The number of aromatic nitrogens is 4. The van der Waals surface area contributed by atoms with Crippen molar-refractivity contribution in [3.63, 3.8) is 0 Å². The van der Waals surface area contributed by atoms with E-state index in [0.717, 1.165) is 18.8 Å². The highest BCUT2D eigenvalue weighted by Gasteiger charge is 2.27. The van der Waals surface area contributed by atoms with Crippen LogP contribution >= 0.6 is 11.6 Å². The van der Waals surface area contributed by atoms with Gasteiger partial charge in [-0.3, -0.25) is 4.79 Å². The van der Waals surface area contributed by atoms with Gasteiger partial charge in [0.25, 0.3) is 5.91 Å². The molecule has 0 unspecified atom stereocenters. The lowest BCUT2D eigenvalue weighted by Gasteiger charge is -2.18. The quantitative estimate of drug-likeness (QED) is 0.616. The lowest BCUT2D eigenvalue weighted by Crippen LogP contribution is -2.38. The van der Waals surface area contributed by atoms with Gasteiger partial charge in [-0.25, -0.2) is 15.0 Å². The molecule has 1 saturated heterocycles. The highest BCUT2D eigenvalue weighted by Crippen LogP contribution is 2.22. The summed E-state index contributed by atoms with van der Waals surface area (Å²) in [5.41, 5.74) is 0.750. The van der Waals surface area contributed by atoms with E-state index in [4.69, 9.17) is 16.1 Å². The van der Waals surface area contributed by atoms with Crippen LogP contribution < -0.4 is 15.5 Å². The van der Waals surface area contributed by atoms with Crippen molar-refractivity contribution in [1.82, 2.24) is 25.4 Å². The molecule has 1 aliphatic rings. The molecular weight excluding hydrogens is 406 g/mol. The molecule has 156 valence electrons. The van der Waals surface area contributed by atoms with Crippen LogP contribution in [0.1, 0.15) is 42.5 Å². The van der Waals surface area contributed by atoms with Crippen LogP contribution in [0.3, 0.4) is 0 Å². The minimum Gasteiger partial charge on any atom is -0.363 e. The number of hydrogen-bond donors (Lipinski definition) is 2. The van der Waals surface area contributed by atoms with E-state index in [1.165, 1.54) is 6.26 Å². The molecule has 10 heteroatoms. The van der Waals surface area contributed by atoms with Gasteiger partial charge < -0.3 is 20.1 Å². The zero-order valence-corrected chi connectivity index (χ0v) is 17.4. The molecule has 1 fully saturated rings. The van der Waals surface area contributed by atoms with Gasteiger partial charge in [0, 0.05) is 37.3 Å². The van der Waals surface area contributed by atoms with Gasteiger partial charge in [-0.2, -0.15) is 0 Å². The molecule has 30 heavy (non-hydrogen) atoms. The maximum atomic E-state index is 13.1. The summed E-state index contributed by atoms with van der Waals surface area (Å²) in [7, 11) is 0. The first-order chi connectivity index (χ1) is 14.5. The molecule has 9 nitrogen and oxygen atoms in total. The molecule has 2 N–H and O–H groups in total. The fourth-order valence-electron chi connectivity index (χ4n) is 3.25. The number of nitrogens with zero attached hydrogens (tertiary/aromatic N) is 5. The Morgan fingerprint density at radius 1 is 1.27 bits per heavy atom. The van der Waals surface area contributed by atoms with Crippen molar-refractivity contribution in [1.29, 1.82) is 0 Å².